The zero-order chi connectivity index (χ0) is 23.4. The zero-order valence-corrected chi connectivity index (χ0v) is 19.1. The summed E-state index contributed by atoms with van der Waals surface area (Å²) in [6, 6.07) is 12.3. The molecule has 1 atom stereocenters. The summed E-state index contributed by atoms with van der Waals surface area (Å²) in [7, 11) is 1.60. The van der Waals surface area contributed by atoms with Crippen molar-refractivity contribution in [2.24, 2.45) is 0 Å². The molecule has 0 spiro atoms. The Hall–Kier alpha value is -3.52. The number of fused-ring (bicyclic) bond motifs is 1. The van der Waals surface area contributed by atoms with Gasteiger partial charge in [-0.2, -0.15) is 5.10 Å². The fourth-order valence-electron chi connectivity index (χ4n) is 4.26. The minimum atomic E-state index is -0.396. The topological polar surface area (TPSA) is 96.9 Å². The van der Waals surface area contributed by atoms with Crippen LogP contribution in [-0.4, -0.2) is 59.6 Å². The van der Waals surface area contributed by atoms with Crippen LogP contribution in [0, 0.1) is 0 Å². The van der Waals surface area contributed by atoms with E-state index < -0.39 is 6.04 Å². The van der Waals surface area contributed by atoms with Crippen molar-refractivity contribution >= 4 is 5.91 Å². The minimum absolute atomic E-state index is 0.108. The van der Waals surface area contributed by atoms with Crippen LogP contribution in [0.1, 0.15) is 47.9 Å². The fourth-order valence-corrected chi connectivity index (χ4v) is 4.26. The average Bonchev–Trinajstić information content (AvgIpc) is 3.36. The van der Waals surface area contributed by atoms with Crippen LogP contribution in [0.25, 0.3) is 11.3 Å². The number of ether oxygens (including phenoxy) is 3. The van der Waals surface area contributed by atoms with E-state index in [-0.39, 0.29) is 11.7 Å². The molecule has 1 amide bonds. The standard InChI is InChI=1S/C25H29N3O5/c1-4-32-14-8-13-28-24(16-11-12-19(33-5-2)20(15-16)31-3)21-22(26-27-23(21)25(28)30)17-9-6-7-10-18(17)29/h6-7,9-12,15,24,29H,4-5,8,13-14H2,1-3H3,(H,26,27)/t24-/m1/s1. The molecule has 8 heteroatoms. The second-order valence-electron chi connectivity index (χ2n) is 7.67. The number of nitrogens with one attached hydrogen (secondary N) is 1. The summed E-state index contributed by atoms with van der Waals surface area (Å²) < 4.78 is 16.7. The Morgan fingerprint density at radius 3 is 2.67 bits per heavy atom. The van der Waals surface area contributed by atoms with Gasteiger partial charge in [0, 0.05) is 30.9 Å². The smallest absolute Gasteiger partial charge is 0.273 e. The summed E-state index contributed by atoms with van der Waals surface area (Å²) in [5, 5.41) is 17.8. The summed E-state index contributed by atoms with van der Waals surface area (Å²) in [5.74, 6) is 1.21. The first-order chi connectivity index (χ1) is 16.1. The van der Waals surface area contributed by atoms with Crippen LogP contribution in [-0.2, 0) is 4.74 Å². The van der Waals surface area contributed by atoms with Gasteiger partial charge in [-0.3, -0.25) is 9.89 Å². The monoisotopic (exact) mass is 451 g/mol. The van der Waals surface area contributed by atoms with Gasteiger partial charge in [-0.15, -0.1) is 0 Å². The van der Waals surface area contributed by atoms with Gasteiger partial charge in [0.05, 0.1) is 19.8 Å². The third-order valence-corrected chi connectivity index (χ3v) is 5.72. The number of nitrogens with zero attached hydrogens (tertiary/aromatic N) is 2. The van der Waals surface area contributed by atoms with Crippen LogP contribution in [0.3, 0.4) is 0 Å². The summed E-state index contributed by atoms with van der Waals surface area (Å²) in [5.41, 5.74) is 3.17. The molecule has 0 saturated carbocycles. The molecule has 1 aromatic heterocycles. The SMILES string of the molecule is CCOCCCN1C(=O)c2[nH]nc(-c3ccccc3O)c2[C@H]1c1ccc(OCC)c(OC)c1. The number of methoxy groups -OCH3 is 1. The van der Waals surface area contributed by atoms with Gasteiger partial charge < -0.3 is 24.2 Å². The molecular weight excluding hydrogens is 422 g/mol. The highest BCUT2D eigenvalue weighted by Crippen LogP contribution is 2.45. The lowest BCUT2D eigenvalue weighted by molar-refractivity contribution is 0.0710. The average molecular weight is 452 g/mol. The number of benzene rings is 2. The molecule has 2 N–H and O–H groups in total. The molecule has 1 aliphatic rings. The minimum Gasteiger partial charge on any atom is -0.507 e. The van der Waals surface area contributed by atoms with E-state index in [9.17, 15) is 9.90 Å². The molecule has 1 aliphatic heterocycles. The van der Waals surface area contributed by atoms with Crippen LogP contribution in [0.5, 0.6) is 17.2 Å². The van der Waals surface area contributed by atoms with Crippen LogP contribution < -0.4 is 9.47 Å². The number of amides is 1. The molecule has 0 fully saturated rings. The van der Waals surface area contributed by atoms with E-state index in [0.29, 0.717) is 61.2 Å². The van der Waals surface area contributed by atoms with Gasteiger partial charge >= 0.3 is 0 Å². The van der Waals surface area contributed by atoms with E-state index in [0.717, 1.165) is 11.1 Å². The Labute approximate surface area is 193 Å². The van der Waals surface area contributed by atoms with Crippen LogP contribution >= 0.6 is 0 Å². The summed E-state index contributed by atoms with van der Waals surface area (Å²) in [4.78, 5) is 15.2. The first-order valence-corrected chi connectivity index (χ1v) is 11.2. The molecule has 0 bridgehead atoms. The third kappa shape index (κ3) is 4.26. The normalized spacial score (nSPS) is 15.1. The van der Waals surface area contributed by atoms with Gasteiger partial charge in [0.1, 0.15) is 17.1 Å². The van der Waals surface area contributed by atoms with E-state index in [1.807, 2.05) is 43.0 Å². The van der Waals surface area contributed by atoms with Crippen molar-refractivity contribution in [2.45, 2.75) is 26.3 Å². The number of para-hydroxylation sites is 1. The van der Waals surface area contributed by atoms with Gasteiger partial charge in [0.25, 0.3) is 5.91 Å². The number of rotatable bonds is 10. The zero-order valence-electron chi connectivity index (χ0n) is 19.1. The molecule has 2 aromatic carbocycles. The number of hydrogen-bond acceptors (Lipinski definition) is 6. The molecule has 8 nitrogen and oxygen atoms in total. The van der Waals surface area contributed by atoms with E-state index in [2.05, 4.69) is 10.2 Å². The first-order valence-electron chi connectivity index (χ1n) is 11.2. The number of phenols is 1. The lowest BCUT2D eigenvalue weighted by Gasteiger charge is -2.27. The Morgan fingerprint density at radius 1 is 1.12 bits per heavy atom. The molecule has 2 heterocycles. The van der Waals surface area contributed by atoms with E-state index >= 15 is 0 Å². The van der Waals surface area contributed by atoms with Crippen molar-refractivity contribution in [3.8, 4) is 28.5 Å². The second-order valence-corrected chi connectivity index (χ2v) is 7.67. The lowest BCUT2D eigenvalue weighted by Crippen LogP contribution is -2.31. The van der Waals surface area contributed by atoms with Gasteiger partial charge in [-0.25, -0.2) is 0 Å². The maximum atomic E-state index is 13.4. The molecule has 0 aliphatic carbocycles. The van der Waals surface area contributed by atoms with Crippen LogP contribution in [0.15, 0.2) is 42.5 Å². The number of aromatic hydroxyl groups is 1. The maximum Gasteiger partial charge on any atom is 0.273 e. The van der Waals surface area contributed by atoms with E-state index in [4.69, 9.17) is 14.2 Å². The van der Waals surface area contributed by atoms with Crippen molar-refractivity contribution in [3.63, 3.8) is 0 Å². The number of aromatic amines is 1. The molecule has 4 rings (SSSR count). The molecule has 33 heavy (non-hydrogen) atoms. The Bertz CT molecular complexity index is 1130. The molecule has 0 unspecified atom stereocenters. The first kappa shape index (κ1) is 22.7. The molecule has 3 aromatic rings. The molecular formula is C25H29N3O5. The number of hydrogen-bond donors (Lipinski definition) is 2. The maximum absolute atomic E-state index is 13.4. The van der Waals surface area contributed by atoms with Crippen molar-refractivity contribution in [2.75, 3.05) is 33.5 Å². The Balaban J connectivity index is 1.81. The van der Waals surface area contributed by atoms with Gasteiger partial charge in [-0.05, 0) is 50.1 Å². The van der Waals surface area contributed by atoms with Crippen LogP contribution in [0.4, 0.5) is 0 Å². The molecule has 174 valence electrons. The fraction of sp³-hybridized carbons (Fsp3) is 0.360. The van der Waals surface area contributed by atoms with Crippen molar-refractivity contribution in [1.29, 1.82) is 0 Å². The predicted molar refractivity (Wildman–Crippen MR) is 124 cm³/mol. The number of carbonyl (C=O) groups excluding carboxylic acids is 1. The number of carbonyl (C=O) groups is 1. The highest BCUT2D eigenvalue weighted by molar-refractivity contribution is 6.00. The summed E-state index contributed by atoms with van der Waals surface area (Å²) >= 11 is 0. The van der Waals surface area contributed by atoms with Gasteiger partial charge in [0.15, 0.2) is 11.5 Å². The van der Waals surface area contributed by atoms with Gasteiger partial charge in [-0.1, -0.05) is 18.2 Å². The second kappa shape index (κ2) is 9.95. The molecule has 0 saturated heterocycles. The number of phenolic OH excluding ortho intramolecular Hbond substituents is 1. The molecule has 0 radical (unpaired) electrons. The van der Waals surface area contributed by atoms with Gasteiger partial charge in [0.2, 0.25) is 0 Å². The largest absolute Gasteiger partial charge is 0.507 e. The number of aromatic nitrogens is 2. The predicted octanol–water partition coefficient (Wildman–Crippen LogP) is 4.16. The highest BCUT2D eigenvalue weighted by atomic mass is 16.5. The quantitative estimate of drug-likeness (QED) is 0.449. The Morgan fingerprint density at radius 2 is 1.94 bits per heavy atom. The van der Waals surface area contributed by atoms with Crippen LogP contribution in [0.2, 0.25) is 0 Å². The summed E-state index contributed by atoms with van der Waals surface area (Å²) in [6.45, 7) is 6.10. The summed E-state index contributed by atoms with van der Waals surface area (Å²) in [6.07, 6.45) is 0.702. The van der Waals surface area contributed by atoms with E-state index in [1.54, 1.807) is 25.3 Å². The van der Waals surface area contributed by atoms with Crippen molar-refractivity contribution in [3.05, 3.63) is 59.3 Å². The lowest BCUT2D eigenvalue weighted by atomic mass is 9.95. The highest BCUT2D eigenvalue weighted by Gasteiger charge is 2.42. The third-order valence-electron chi connectivity index (χ3n) is 5.72. The van der Waals surface area contributed by atoms with Crippen molar-refractivity contribution in [1.82, 2.24) is 15.1 Å². The van der Waals surface area contributed by atoms with E-state index in [1.165, 1.54) is 0 Å². The Kier molecular flexibility index (Phi) is 6.84. The number of H-pyrrole nitrogens is 1. The van der Waals surface area contributed by atoms with Crippen molar-refractivity contribution < 1.29 is 24.1 Å².